The lowest BCUT2D eigenvalue weighted by Gasteiger charge is -2.08. The van der Waals surface area contributed by atoms with Gasteiger partial charge in [-0.1, -0.05) is 29.8 Å². The van der Waals surface area contributed by atoms with Crippen LogP contribution in [0.1, 0.15) is 10.4 Å². The number of rotatable bonds is 3. The topological polar surface area (TPSA) is 35.5 Å². The van der Waals surface area contributed by atoms with Crippen molar-refractivity contribution in [2.45, 2.75) is 0 Å². The van der Waals surface area contributed by atoms with E-state index in [9.17, 15) is 4.79 Å². The molecular weight excluding hydrogens is 252 g/mol. The fourth-order valence-electron chi connectivity index (χ4n) is 1.51. The molecule has 0 spiro atoms. The van der Waals surface area contributed by atoms with Crippen LogP contribution in [0.15, 0.2) is 48.5 Å². The van der Waals surface area contributed by atoms with Gasteiger partial charge in [-0.2, -0.15) is 0 Å². The molecule has 0 saturated heterocycles. The quantitative estimate of drug-likeness (QED) is 0.627. The summed E-state index contributed by atoms with van der Waals surface area (Å²) in [6.45, 7) is 0. The predicted molar refractivity (Wildman–Crippen MR) is 69.4 cm³/mol. The molecule has 0 saturated carbocycles. The lowest BCUT2D eigenvalue weighted by atomic mass is 10.2. The van der Waals surface area contributed by atoms with Crippen molar-refractivity contribution in [2.24, 2.45) is 0 Å². The minimum Gasteiger partial charge on any atom is -0.496 e. The summed E-state index contributed by atoms with van der Waals surface area (Å²) in [5.74, 6) is 0.401. The predicted octanol–water partition coefficient (Wildman–Crippen LogP) is 3.57. The van der Waals surface area contributed by atoms with Crippen molar-refractivity contribution in [2.75, 3.05) is 7.11 Å². The molecule has 3 nitrogen and oxygen atoms in total. The summed E-state index contributed by atoms with van der Waals surface area (Å²) in [5, 5.41) is 0.514. The zero-order chi connectivity index (χ0) is 13.0. The summed E-state index contributed by atoms with van der Waals surface area (Å²) >= 11 is 5.82. The number of benzene rings is 2. The van der Waals surface area contributed by atoms with Gasteiger partial charge in [0.15, 0.2) is 0 Å². The number of carbonyl (C=O) groups is 1. The van der Waals surface area contributed by atoms with E-state index in [4.69, 9.17) is 21.1 Å². The molecule has 0 heterocycles. The van der Waals surface area contributed by atoms with Gasteiger partial charge in [-0.3, -0.25) is 0 Å². The van der Waals surface area contributed by atoms with Crippen molar-refractivity contribution < 1.29 is 14.3 Å². The Morgan fingerprint density at radius 3 is 2.61 bits per heavy atom. The van der Waals surface area contributed by atoms with Gasteiger partial charge in [0.1, 0.15) is 17.1 Å². The molecule has 0 aromatic heterocycles. The van der Waals surface area contributed by atoms with Gasteiger partial charge >= 0.3 is 5.97 Å². The molecule has 0 aliphatic rings. The van der Waals surface area contributed by atoms with E-state index in [2.05, 4.69) is 0 Å². The molecule has 0 atom stereocenters. The average Bonchev–Trinajstić information content (AvgIpc) is 2.38. The number of hydrogen-bond donors (Lipinski definition) is 0. The number of carbonyl (C=O) groups excluding carboxylic acids is 1. The Morgan fingerprint density at radius 1 is 1.11 bits per heavy atom. The fraction of sp³-hybridized carbons (Fsp3) is 0.0714. The minimum absolute atomic E-state index is 0.375. The van der Waals surface area contributed by atoms with E-state index in [0.29, 0.717) is 22.1 Å². The van der Waals surface area contributed by atoms with E-state index < -0.39 is 5.97 Å². The SMILES string of the molecule is COc1ccccc1C(=O)Oc1cccc(Cl)c1. The first-order valence-corrected chi connectivity index (χ1v) is 5.69. The third-order valence-corrected chi connectivity index (χ3v) is 2.57. The molecule has 4 heteroatoms. The molecule has 2 aromatic carbocycles. The van der Waals surface area contributed by atoms with Crippen molar-refractivity contribution >= 4 is 17.6 Å². The molecule has 2 aromatic rings. The first-order chi connectivity index (χ1) is 8.70. The van der Waals surface area contributed by atoms with E-state index in [0.717, 1.165) is 0 Å². The molecule has 0 N–H and O–H groups in total. The lowest BCUT2D eigenvalue weighted by molar-refractivity contribution is 0.0731. The minimum atomic E-state index is -0.477. The standard InChI is InChI=1S/C14H11ClO3/c1-17-13-8-3-2-7-12(13)14(16)18-11-6-4-5-10(15)9-11/h2-9H,1H3. The van der Waals surface area contributed by atoms with Crippen LogP contribution in [0.25, 0.3) is 0 Å². The van der Waals surface area contributed by atoms with Crippen LogP contribution >= 0.6 is 11.6 Å². The van der Waals surface area contributed by atoms with E-state index >= 15 is 0 Å². The molecule has 0 aliphatic carbocycles. The number of methoxy groups -OCH3 is 1. The highest BCUT2D eigenvalue weighted by molar-refractivity contribution is 6.30. The van der Waals surface area contributed by atoms with Crippen LogP contribution in [0, 0.1) is 0 Å². The summed E-state index contributed by atoms with van der Waals surface area (Å²) in [7, 11) is 1.51. The zero-order valence-electron chi connectivity index (χ0n) is 9.72. The monoisotopic (exact) mass is 262 g/mol. The third-order valence-electron chi connectivity index (χ3n) is 2.33. The molecule has 92 valence electrons. The maximum absolute atomic E-state index is 12.0. The van der Waals surface area contributed by atoms with Crippen molar-refractivity contribution in [3.05, 3.63) is 59.1 Å². The lowest BCUT2D eigenvalue weighted by Crippen LogP contribution is -2.09. The largest absolute Gasteiger partial charge is 0.496 e. The number of halogens is 1. The molecule has 0 unspecified atom stereocenters. The Morgan fingerprint density at radius 2 is 1.89 bits per heavy atom. The third kappa shape index (κ3) is 2.81. The van der Waals surface area contributed by atoms with Crippen LogP contribution in [-0.2, 0) is 0 Å². The molecule has 0 radical (unpaired) electrons. The highest BCUT2D eigenvalue weighted by Crippen LogP contribution is 2.22. The summed E-state index contributed by atoms with van der Waals surface area (Å²) in [6, 6.07) is 13.6. The molecule has 0 bridgehead atoms. The van der Waals surface area contributed by atoms with Gasteiger partial charge in [-0.25, -0.2) is 4.79 Å². The van der Waals surface area contributed by atoms with Crippen molar-refractivity contribution in [3.63, 3.8) is 0 Å². The van der Waals surface area contributed by atoms with Crippen LogP contribution < -0.4 is 9.47 Å². The van der Waals surface area contributed by atoms with Gasteiger partial charge < -0.3 is 9.47 Å². The molecule has 18 heavy (non-hydrogen) atoms. The van der Waals surface area contributed by atoms with Crippen LogP contribution in [0.3, 0.4) is 0 Å². The van der Waals surface area contributed by atoms with Gasteiger partial charge in [0.05, 0.1) is 7.11 Å². The summed E-state index contributed by atoms with van der Waals surface area (Å²) in [6.07, 6.45) is 0. The van der Waals surface area contributed by atoms with Crippen LogP contribution in [0.4, 0.5) is 0 Å². The number of ether oxygens (including phenoxy) is 2. The van der Waals surface area contributed by atoms with Gasteiger partial charge in [-0.15, -0.1) is 0 Å². The Labute approximate surface area is 110 Å². The number of esters is 1. The Hall–Kier alpha value is -2.00. The summed E-state index contributed by atoms with van der Waals surface area (Å²) in [5.41, 5.74) is 0.375. The second-order valence-corrected chi connectivity index (χ2v) is 3.98. The normalized spacial score (nSPS) is 9.89. The van der Waals surface area contributed by atoms with Gasteiger partial charge in [0, 0.05) is 5.02 Å². The van der Waals surface area contributed by atoms with E-state index in [-0.39, 0.29) is 0 Å². The molecule has 0 amide bonds. The van der Waals surface area contributed by atoms with Crippen LogP contribution in [0.5, 0.6) is 11.5 Å². The second-order valence-electron chi connectivity index (χ2n) is 3.55. The fourth-order valence-corrected chi connectivity index (χ4v) is 1.69. The summed E-state index contributed by atoms with van der Waals surface area (Å²) < 4.78 is 10.3. The Kier molecular flexibility index (Phi) is 3.85. The first-order valence-electron chi connectivity index (χ1n) is 5.31. The Bertz CT molecular complexity index is 566. The summed E-state index contributed by atoms with van der Waals surface area (Å²) in [4.78, 5) is 12.0. The van der Waals surface area contributed by atoms with Gasteiger partial charge in [0.25, 0.3) is 0 Å². The average molecular weight is 263 g/mol. The molecule has 2 rings (SSSR count). The van der Waals surface area contributed by atoms with Crippen molar-refractivity contribution in [3.8, 4) is 11.5 Å². The highest BCUT2D eigenvalue weighted by atomic mass is 35.5. The van der Waals surface area contributed by atoms with Crippen molar-refractivity contribution in [1.29, 1.82) is 0 Å². The second kappa shape index (κ2) is 5.56. The highest BCUT2D eigenvalue weighted by Gasteiger charge is 2.13. The zero-order valence-corrected chi connectivity index (χ0v) is 10.5. The number of para-hydroxylation sites is 1. The molecular formula is C14H11ClO3. The number of hydrogen-bond acceptors (Lipinski definition) is 3. The van der Waals surface area contributed by atoms with E-state index in [1.54, 1.807) is 48.5 Å². The van der Waals surface area contributed by atoms with Crippen molar-refractivity contribution in [1.82, 2.24) is 0 Å². The Balaban J connectivity index is 2.22. The molecule has 0 fully saturated rings. The maximum Gasteiger partial charge on any atom is 0.347 e. The van der Waals surface area contributed by atoms with Gasteiger partial charge in [0.2, 0.25) is 0 Å². The van der Waals surface area contributed by atoms with Crippen LogP contribution in [0.2, 0.25) is 5.02 Å². The molecule has 0 aliphatic heterocycles. The van der Waals surface area contributed by atoms with Gasteiger partial charge in [-0.05, 0) is 30.3 Å². The maximum atomic E-state index is 12.0. The van der Waals surface area contributed by atoms with Crippen LogP contribution in [-0.4, -0.2) is 13.1 Å². The first kappa shape index (κ1) is 12.5. The van der Waals surface area contributed by atoms with E-state index in [1.165, 1.54) is 7.11 Å². The van der Waals surface area contributed by atoms with E-state index in [1.807, 2.05) is 0 Å². The smallest absolute Gasteiger partial charge is 0.347 e.